The molecule has 2 amide bonds. The number of carbonyl (C=O) groups excluding carboxylic acids is 2. The summed E-state index contributed by atoms with van der Waals surface area (Å²) < 4.78 is 11.3. The van der Waals surface area contributed by atoms with Gasteiger partial charge in [-0.05, 0) is 25.1 Å². The summed E-state index contributed by atoms with van der Waals surface area (Å²) in [6.45, 7) is 3.61. The second kappa shape index (κ2) is 11.6. The molecule has 0 saturated carbocycles. The van der Waals surface area contributed by atoms with Crippen LogP contribution in [0.3, 0.4) is 0 Å². The van der Waals surface area contributed by atoms with Crippen molar-refractivity contribution < 1.29 is 29.4 Å². The van der Waals surface area contributed by atoms with Crippen molar-refractivity contribution >= 4 is 17.7 Å². The van der Waals surface area contributed by atoms with E-state index >= 15 is 0 Å². The van der Waals surface area contributed by atoms with Crippen LogP contribution in [0.2, 0.25) is 0 Å². The van der Waals surface area contributed by atoms with Crippen molar-refractivity contribution in [3.8, 4) is 5.75 Å². The Morgan fingerprint density at radius 1 is 1.13 bits per heavy atom. The highest BCUT2D eigenvalue weighted by atomic mass is 16.6. The molecule has 0 saturated heterocycles. The third-order valence-electron chi connectivity index (χ3n) is 4.25. The van der Waals surface area contributed by atoms with Crippen molar-refractivity contribution in [2.75, 3.05) is 18.5 Å². The Balaban J connectivity index is 2.27. The second-order valence-corrected chi connectivity index (χ2v) is 6.62. The molecular formula is C22H26N2O6. The molecule has 0 heterocycles. The first-order chi connectivity index (χ1) is 14.4. The summed E-state index contributed by atoms with van der Waals surface area (Å²) >= 11 is 0. The zero-order chi connectivity index (χ0) is 21.9. The van der Waals surface area contributed by atoms with E-state index in [0.29, 0.717) is 17.0 Å². The van der Waals surface area contributed by atoms with Gasteiger partial charge >= 0.3 is 6.09 Å². The third kappa shape index (κ3) is 6.91. The van der Waals surface area contributed by atoms with Crippen molar-refractivity contribution in [2.24, 2.45) is 5.92 Å². The Morgan fingerprint density at radius 3 is 2.50 bits per heavy atom. The summed E-state index contributed by atoms with van der Waals surface area (Å²) in [5.74, 6) is -0.689. The van der Waals surface area contributed by atoms with Gasteiger partial charge in [0.15, 0.2) is 0 Å². The maximum Gasteiger partial charge on any atom is 0.412 e. The SMILES string of the molecule is Cc1ccc(NC(=O)O[C@H](c2ccccc2OCCO)[C@@H](C)/C=C/C(=O)NO)cc1. The molecule has 0 unspecified atom stereocenters. The highest BCUT2D eigenvalue weighted by Crippen LogP contribution is 2.34. The predicted molar refractivity (Wildman–Crippen MR) is 111 cm³/mol. The zero-order valence-electron chi connectivity index (χ0n) is 16.9. The van der Waals surface area contributed by atoms with Crippen LogP contribution < -0.4 is 15.5 Å². The van der Waals surface area contributed by atoms with E-state index in [-0.39, 0.29) is 13.2 Å². The molecule has 0 fully saturated rings. The molecule has 0 radical (unpaired) electrons. The normalized spacial score (nSPS) is 12.8. The van der Waals surface area contributed by atoms with Gasteiger partial charge in [-0.15, -0.1) is 0 Å². The van der Waals surface area contributed by atoms with Gasteiger partial charge < -0.3 is 14.6 Å². The molecule has 0 bridgehead atoms. The lowest BCUT2D eigenvalue weighted by molar-refractivity contribution is -0.124. The summed E-state index contributed by atoms with van der Waals surface area (Å²) in [5, 5.41) is 20.4. The van der Waals surface area contributed by atoms with Gasteiger partial charge in [-0.3, -0.25) is 15.3 Å². The topological polar surface area (TPSA) is 117 Å². The minimum atomic E-state index is -0.798. The van der Waals surface area contributed by atoms with E-state index in [1.807, 2.05) is 19.1 Å². The Morgan fingerprint density at radius 2 is 1.83 bits per heavy atom. The van der Waals surface area contributed by atoms with E-state index in [0.717, 1.165) is 11.6 Å². The lowest BCUT2D eigenvalue weighted by Crippen LogP contribution is -2.22. The molecule has 8 heteroatoms. The van der Waals surface area contributed by atoms with Gasteiger partial charge in [0, 0.05) is 23.2 Å². The summed E-state index contributed by atoms with van der Waals surface area (Å²) in [7, 11) is 0. The van der Waals surface area contributed by atoms with Gasteiger partial charge in [0.05, 0.1) is 6.61 Å². The Kier molecular flexibility index (Phi) is 8.86. The summed E-state index contributed by atoms with van der Waals surface area (Å²) in [6, 6.07) is 14.2. The van der Waals surface area contributed by atoms with Crippen LogP contribution in [0.5, 0.6) is 5.75 Å². The van der Waals surface area contributed by atoms with Crippen molar-refractivity contribution in [1.82, 2.24) is 5.48 Å². The van der Waals surface area contributed by atoms with Gasteiger partial charge in [0.2, 0.25) is 0 Å². The predicted octanol–water partition coefficient (Wildman–Crippen LogP) is 3.35. The van der Waals surface area contributed by atoms with Crippen molar-refractivity contribution in [3.05, 3.63) is 71.8 Å². The number of amides is 2. The minimum Gasteiger partial charge on any atom is -0.491 e. The van der Waals surface area contributed by atoms with Crippen LogP contribution in [0.1, 0.15) is 24.2 Å². The van der Waals surface area contributed by atoms with Crippen molar-refractivity contribution in [1.29, 1.82) is 0 Å². The molecule has 160 valence electrons. The van der Waals surface area contributed by atoms with Crippen LogP contribution in [0.25, 0.3) is 0 Å². The number of hydroxylamine groups is 1. The number of ether oxygens (including phenoxy) is 2. The smallest absolute Gasteiger partial charge is 0.412 e. The van der Waals surface area contributed by atoms with Crippen LogP contribution in [0.15, 0.2) is 60.7 Å². The van der Waals surface area contributed by atoms with Gasteiger partial charge in [-0.1, -0.05) is 48.9 Å². The number of hydrogen-bond acceptors (Lipinski definition) is 6. The van der Waals surface area contributed by atoms with Gasteiger partial charge in [0.25, 0.3) is 5.91 Å². The number of carbonyl (C=O) groups is 2. The summed E-state index contributed by atoms with van der Waals surface area (Å²) in [4.78, 5) is 23.9. The van der Waals surface area contributed by atoms with Crippen LogP contribution in [-0.2, 0) is 9.53 Å². The number of hydrogen-bond donors (Lipinski definition) is 4. The molecule has 2 aromatic rings. The first-order valence-corrected chi connectivity index (χ1v) is 9.43. The number of aliphatic hydroxyl groups excluding tert-OH is 1. The standard InChI is InChI=1S/C22H26N2O6/c1-15-7-10-17(11-8-15)23-22(27)30-21(16(2)9-12-20(26)24-28)18-5-3-4-6-19(18)29-14-13-25/h3-12,16,21,25,28H,13-14H2,1-2H3,(H,23,27)(H,24,26)/b12-9+/t16-,21-/m0/s1. The number of rotatable bonds is 9. The molecule has 2 atom stereocenters. The van der Waals surface area contributed by atoms with Gasteiger partial charge in [-0.2, -0.15) is 0 Å². The fraction of sp³-hybridized carbons (Fsp3) is 0.273. The van der Waals surface area contributed by atoms with Crippen LogP contribution in [0.4, 0.5) is 10.5 Å². The molecule has 2 rings (SSSR count). The van der Waals surface area contributed by atoms with Crippen LogP contribution in [0, 0.1) is 12.8 Å². The lowest BCUT2D eigenvalue weighted by Gasteiger charge is -2.24. The highest BCUT2D eigenvalue weighted by Gasteiger charge is 2.25. The van der Waals surface area contributed by atoms with E-state index in [9.17, 15) is 9.59 Å². The van der Waals surface area contributed by atoms with E-state index < -0.39 is 24.0 Å². The first kappa shape index (κ1) is 22.9. The molecule has 30 heavy (non-hydrogen) atoms. The highest BCUT2D eigenvalue weighted by molar-refractivity contribution is 5.86. The van der Waals surface area contributed by atoms with E-state index in [1.54, 1.807) is 43.3 Å². The molecule has 0 aliphatic carbocycles. The van der Waals surface area contributed by atoms with E-state index in [4.69, 9.17) is 19.8 Å². The number of aliphatic hydroxyl groups is 1. The molecule has 0 aliphatic rings. The maximum atomic E-state index is 12.5. The molecule has 2 aromatic carbocycles. The number of anilines is 1. The Labute approximate surface area is 175 Å². The second-order valence-electron chi connectivity index (χ2n) is 6.62. The van der Waals surface area contributed by atoms with Gasteiger partial charge in [0.1, 0.15) is 18.5 Å². The zero-order valence-corrected chi connectivity index (χ0v) is 16.9. The lowest BCUT2D eigenvalue weighted by atomic mass is 9.96. The average Bonchev–Trinajstić information content (AvgIpc) is 2.76. The van der Waals surface area contributed by atoms with Crippen molar-refractivity contribution in [3.63, 3.8) is 0 Å². The largest absolute Gasteiger partial charge is 0.491 e. The Bertz CT molecular complexity index is 866. The minimum absolute atomic E-state index is 0.0798. The maximum absolute atomic E-state index is 12.5. The Hall–Kier alpha value is -3.36. The summed E-state index contributed by atoms with van der Waals surface area (Å²) in [5.41, 5.74) is 3.73. The fourth-order valence-corrected chi connectivity index (χ4v) is 2.73. The average molecular weight is 414 g/mol. The third-order valence-corrected chi connectivity index (χ3v) is 4.25. The molecule has 0 aromatic heterocycles. The van der Waals surface area contributed by atoms with Crippen molar-refractivity contribution in [2.45, 2.75) is 20.0 Å². The van der Waals surface area contributed by atoms with E-state index in [2.05, 4.69) is 5.32 Å². The molecule has 0 spiro atoms. The molecule has 0 aliphatic heterocycles. The quantitative estimate of drug-likeness (QED) is 0.284. The monoisotopic (exact) mass is 414 g/mol. The number of nitrogens with one attached hydrogen (secondary N) is 2. The molecule has 4 N–H and O–H groups in total. The molecule has 8 nitrogen and oxygen atoms in total. The van der Waals surface area contributed by atoms with Crippen LogP contribution >= 0.6 is 0 Å². The number of benzene rings is 2. The number of para-hydroxylation sites is 1. The van der Waals surface area contributed by atoms with E-state index in [1.165, 1.54) is 11.6 Å². The summed E-state index contributed by atoms with van der Waals surface area (Å²) in [6.07, 6.45) is 1.19. The van der Waals surface area contributed by atoms with Crippen LogP contribution in [-0.4, -0.2) is 35.5 Å². The fourth-order valence-electron chi connectivity index (χ4n) is 2.73. The first-order valence-electron chi connectivity index (χ1n) is 9.43. The number of aryl methyl sites for hydroxylation is 1. The van der Waals surface area contributed by atoms with Gasteiger partial charge in [-0.25, -0.2) is 10.3 Å². The molecular weight excluding hydrogens is 388 g/mol.